The summed E-state index contributed by atoms with van der Waals surface area (Å²) in [4.78, 5) is 0. The second-order valence-corrected chi connectivity index (χ2v) is 4.63. The topological polar surface area (TPSA) is 51.8 Å². The summed E-state index contributed by atoms with van der Waals surface area (Å²) >= 11 is 0. The molecule has 2 atom stereocenters. The van der Waals surface area contributed by atoms with Crippen molar-refractivity contribution >= 4 is 0 Å². The van der Waals surface area contributed by atoms with Crippen LogP contribution >= 0.6 is 0 Å². The third-order valence-corrected chi connectivity index (χ3v) is 3.50. The van der Waals surface area contributed by atoms with E-state index in [1.807, 2.05) is 12.1 Å². The van der Waals surface area contributed by atoms with Crippen molar-refractivity contribution in [1.29, 1.82) is 0 Å². The summed E-state index contributed by atoms with van der Waals surface area (Å²) in [6.07, 6.45) is 0. The van der Waals surface area contributed by atoms with Gasteiger partial charge >= 0.3 is 0 Å². The molecule has 19 heavy (non-hydrogen) atoms. The first-order valence-electron chi connectivity index (χ1n) is 6.48. The van der Waals surface area contributed by atoms with Gasteiger partial charge in [-0.05, 0) is 24.6 Å². The van der Waals surface area contributed by atoms with Crippen LogP contribution in [0, 0.1) is 0 Å². The Morgan fingerprint density at radius 2 is 1.53 bits per heavy atom. The van der Waals surface area contributed by atoms with Crippen LogP contribution in [-0.4, -0.2) is 40.5 Å². The number of methoxy groups -OCH3 is 3. The second kappa shape index (κ2) is 6.12. The normalized spacial score (nSPS) is 22.9. The van der Waals surface area contributed by atoms with E-state index in [9.17, 15) is 0 Å². The van der Waals surface area contributed by atoms with Gasteiger partial charge in [-0.1, -0.05) is 0 Å². The number of piperazine rings is 1. The fourth-order valence-electron chi connectivity index (χ4n) is 2.51. The van der Waals surface area contributed by atoms with Crippen molar-refractivity contribution in [3.63, 3.8) is 0 Å². The number of benzene rings is 1. The standard InChI is InChI=1S/C14H22N2O3/c1-9-13(16-6-5-15-9)10-7-11(17-2)14(19-4)12(8-10)18-3/h7-9,13,15-16H,5-6H2,1-4H3. The van der Waals surface area contributed by atoms with Crippen molar-refractivity contribution in [1.82, 2.24) is 10.6 Å². The minimum Gasteiger partial charge on any atom is -0.493 e. The first-order valence-corrected chi connectivity index (χ1v) is 6.48. The molecule has 1 saturated heterocycles. The molecule has 106 valence electrons. The number of rotatable bonds is 4. The third kappa shape index (κ3) is 2.77. The lowest BCUT2D eigenvalue weighted by Gasteiger charge is -2.32. The summed E-state index contributed by atoms with van der Waals surface area (Å²) < 4.78 is 16.1. The predicted molar refractivity (Wildman–Crippen MR) is 74.3 cm³/mol. The number of hydrogen-bond acceptors (Lipinski definition) is 5. The van der Waals surface area contributed by atoms with Crippen LogP contribution in [0.1, 0.15) is 18.5 Å². The van der Waals surface area contributed by atoms with Gasteiger partial charge in [0.15, 0.2) is 11.5 Å². The highest BCUT2D eigenvalue weighted by molar-refractivity contribution is 5.54. The maximum absolute atomic E-state index is 5.39. The Morgan fingerprint density at radius 1 is 0.947 bits per heavy atom. The van der Waals surface area contributed by atoms with Crippen molar-refractivity contribution in [3.05, 3.63) is 17.7 Å². The van der Waals surface area contributed by atoms with Gasteiger partial charge in [-0.15, -0.1) is 0 Å². The Kier molecular flexibility index (Phi) is 4.50. The lowest BCUT2D eigenvalue weighted by atomic mass is 9.97. The van der Waals surface area contributed by atoms with E-state index in [0.29, 0.717) is 23.3 Å². The zero-order chi connectivity index (χ0) is 13.8. The van der Waals surface area contributed by atoms with Gasteiger partial charge in [0, 0.05) is 25.2 Å². The van der Waals surface area contributed by atoms with Gasteiger partial charge in [0.25, 0.3) is 0 Å². The van der Waals surface area contributed by atoms with E-state index in [0.717, 1.165) is 18.7 Å². The van der Waals surface area contributed by atoms with Crippen molar-refractivity contribution < 1.29 is 14.2 Å². The van der Waals surface area contributed by atoms with Gasteiger partial charge in [-0.3, -0.25) is 0 Å². The summed E-state index contributed by atoms with van der Waals surface area (Å²) in [5.41, 5.74) is 1.13. The van der Waals surface area contributed by atoms with Gasteiger partial charge in [0.2, 0.25) is 5.75 Å². The molecule has 1 aliphatic rings. The van der Waals surface area contributed by atoms with E-state index in [4.69, 9.17) is 14.2 Å². The van der Waals surface area contributed by atoms with E-state index in [1.54, 1.807) is 21.3 Å². The first-order chi connectivity index (χ1) is 9.21. The Labute approximate surface area is 114 Å². The smallest absolute Gasteiger partial charge is 0.203 e. The number of hydrogen-bond donors (Lipinski definition) is 2. The molecule has 1 aromatic carbocycles. The van der Waals surface area contributed by atoms with Crippen molar-refractivity contribution in [3.8, 4) is 17.2 Å². The molecular weight excluding hydrogens is 244 g/mol. The van der Waals surface area contributed by atoms with Gasteiger partial charge in [-0.2, -0.15) is 0 Å². The molecule has 0 bridgehead atoms. The van der Waals surface area contributed by atoms with E-state index in [-0.39, 0.29) is 6.04 Å². The van der Waals surface area contributed by atoms with Crippen LogP contribution in [0.4, 0.5) is 0 Å². The monoisotopic (exact) mass is 266 g/mol. The van der Waals surface area contributed by atoms with Crippen LogP contribution in [0.15, 0.2) is 12.1 Å². The molecule has 2 rings (SSSR count). The zero-order valence-corrected chi connectivity index (χ0v) is 11.9. The van der Waals surface area contributed by atoms with E-state index in [1.165, 1.54) is 0 Å². The molecular formula is C14H22N2O3. The molecule has 2 N–H and O–H groups in total. The highest BCUT2D eigenvalue weighted by atomic mass is 16.5. The lowest BCUT2D eigenvalue weighted by molar-refractivity contribution is 0.317. The summed E-state index contributed by atoms with van der Waals surface area (Å²) in [6, 6.07) is 4.60. The Morgan fingerprint density at radius 3 is 2.00 bits per heavy atom. The molecule has 5 heteroatoms. The summed E-state index contributed by atoms with van der Waals surface area (Å²) in [6.45, 7) is 4.10. The van der Waals surface area contributed by atoms with E-state index < -0.39 is 0 Å². The quantitative estimate of drug-likeness (QED) is 0.861. The molecule has 0 spiro atoms. The molecule has 1 aromatic rings. The molecule has 0 amide bonds. The highest BCUT2D eigenvalue weighted by Crippen LogP contribution is 2.40. The first kappa shape index (κ1) is 14.0. The van der Waals surface area contributed by atoms with Gasteiger partial charge < -0.3 is 24.8 Å². The van der Waals surface area contributed by atoms with Crippen LogP contribution in [0.3, 0.4) is 0 Å². The second-order valence-electron chi connectivity index (χ2n) is 4.63. The molecule has 0 aliphatic carbocycles. The van der Waals surface area contributed by atoms with E-state index in [2.05, 4.69) is 17.6 Å². The molecule has 2 unspecified atom stereocenters. The fourth-order valence-corrected chi connectivity index (χ4v) is 2.51. The number of ether oxygens (including phenoxy) is 3. The molecule has 1 heterocycles. The molecule has 5 nitrogen and oxygen atoms in total. The van der Waals surface area contributed by atoms with Gasteiger partial charge in [0.1, 0.15) is 0 Å². The fraction of sp³-hybridized carbons (Fsp3) is 0.571. The average molecular weight is 266 g/mol. The zero-order valence-electron chi connectivity index (χ0n) is 11.9. The Hall–Kier alpha value is -1.46. The maximum atomic E-state index is 5.39. The van der Waals surface area contributed by atoms with Crippen LogP contribution in [-0.2, 0) is 0 Å². The Bertz CT molecular complexity index is 412. The van der Waals surface area contributed by atoms with Crippen molar-refractivity contribution in [2.24, 2.45) is 0 Å². The lowest BCUT2D eigenvalue weighted by Crippen LogP contribution is -2.48. The van der Waals surface area contributed by atoms with Gasteiger partial charge in [-0.25, -0.2) is 0 Å². The minimum absolute atomic E-state index is 0.238. The summed E-state index contributed by atoms with van der Waals surface area (Å²) in [7, 11) is 4.89. The maximum Gasteiger partial charge on any atom is 0.203 e. The van der Waals surface area contributed by atoms with Gasteiger partial charge in [0.05, 0.1) is 21.3 Å². The predicted octanol–water partition coefficient (Wildman–Crippen LogP) is 1.33. The third-order valence-electron chi connectivity index (χ3n) is 3.50. The molecule has 1 aliphatic heterocycles. The van der Waals surface area contributed by atoms with Crippen LogP contribution in [0.5, 0.6) is 17.2 Å². The molecule has 0 aromatic heterocycles. The Balaban J connectivity index is 2.40. The van der Waals surface area contributed by atoms with Crippen LogP contribution < -0.4 is 24.8 Å². The molecule has 1 fully saturated rings. The minimum atomic E-state index is 0.238. The average Bonchev–Trinajstić information content (AvgIpc) is 2.46. The summed E-state index contributed by atoms with van der Waals surface area (Å²) in [5.74, 6) is 2.01. The largest absolute Gasteiger partial charge is 0.493 e. The summed E-state index contributed by atoms with van der Waals surface area (Å²) in [5, 5.41) is 6.97. The number of nitrogens with one attached hydrogen (secondary N) is 2. The van der Waals surface area contributed by atoms with Crippen molar-refractivity contribution in [2.45, 2.75) is 19.0 Å². The van der Waals surface area contributed by atoms with Crippen LogP contribution in [0.2, 0.25) is 0 Å². The molecule has 0 saturated carbocycles. The van der Waals surface area contributed by atoms with Crippen molar-refractivity contribution in [2.75, 3.05) is 34.4 Å². The molecule has 0 radical (unpaired) electrons. The van der Waals surface area contributed by atoms with E-state index >= 15 is 0 Å². The van der Waals surface area contributed by atoms with Crippen LogP contribution in [0.25, 0.3) is 0 Å². The highest BCUT2D eigenvalue weighted by Gasteiger charge is 2.24. The SMILES string of the molecule is COc1cc(C2NCCNC2C)cc(OC)c1OC.